The monoisotopic (exact) mass is 500 g/mol. The van der Waals surface area contributed by atoms with E-state index in [1.165, 1.54) is 0 Å². The molecule has 0 aromatic carbocycles. The molecule has 0 aliphatic heterocycles. The van der Waals surface area contributed by atoms with Gasteiger partial charge in [0.15, 0.2) is 0 Å². The summed E-state index contributed by atoms with van der Waals surface area (Å²) in [7, 11) is 0. The molecule has 0 rings (SSSR count). The molecular weight excluding hydrogens is 470 g/mol. The molecule has 6 N–H and O–H groups in total. The Bertz CT molecular complexity index is 354. The number of carbonyl (C=O) groups is 3. The SMILES string of the molecule is CSCCC(N)C(=O)[O-].CSCCC(N)C(=O)[O-].CSCCC(N)C(=O)[O-].[Fe+3]. The molecule has 1 radical (unpaired) electrons. The Morgan fingerprint density at radius 1 is 0.643 bits per heavy atom. The molecule has 0 aromatic rings. The van der Waals surface area contributed by atoms with Crippen LogP contribution < -0.4 is 32.5 Å². The molecule has 3 unspecified atom stereocenters. The van der Waals surface area contributed by atoms with Crippen molar-refractivity contribution >= 4 is 53.2 Å². The summed E-state index contributed by atoms with van der Waals surface area (Å²) < 4.78 is 0. The molecule has 0 aliphatic rings. The topological polar surface area (TPSA) is 198 Å². The van der Waals surface area contributed by atoms with Gasteiger partial charge in [-0.25, -0.2) is 0 Å². The molecular formula is C15H30FeN3O6S3. The zero-order valence-electron chi connectivity index (χ0n) is 16.2. The molecule has 0 saturated heterocycles. The Morgan fingerprint density at radius 2 is 0.821 bits per heavy atom. The summed E-state index contributed by atoms with van der Waals surface area (Å²) in [6.45, 7) is 0. The van der Waals surface area contributed by atoms with Crippen LogP contribution in [0.2, 0.25) is 0 Å². The van der Waals surface area contributed by atoms with Crippen molar-refractivity contribution in [2.24, 2.45) is 17.2 Å². The summed E-state index contributed by atoms with van der Waals surface area (Å²) >= 11 is 4.73. The van der Waals surface area contributed by atoms with Gasteiger partial charge in [0.25, 0.3) is 0 Å². The van der Waals surface area contributed by atoms with Crippen LogP contribution in [0.15, 0.2) is 0 Å². The summed E-state index contributed by atoms with van der Waals surface area (Å²) in [6.07, 6.45) is 7.18. The van der Waals surface area contributed by atoms with Gasteiger partial charge in [-0.3, -0.25) is 0 Å². The van der Waals surface area contributed by atoms with Crippen molar-refractivity contribution in [2.75, 3.05) is 36.0 Å². The number of rotatable bonds is 12. The van der Waals surface area contributed by atoms with E-state index in [-0.39, 0.29) is 17.1 Å². The first-order valence-corrected chi connectivity index (χ1v) is 12.1. The zero-order chi connectivity index (χ0) is 21.8. The van der Waals surface area contributed by atoms with Gasteiger partial charge in [0.2, 0.25) is 0 Å². The first-order valence-electron chi connectivity index (χ1n) is 7.91. The van der Waals surface area contributed by atoms with Gasteiger partial charge in [-0.15, -0.1) is 0 Å². The maximum atomic E-state index is 9.96. The van der Waals surface area contributed by atoms with E-state index in [0.29, 0.717) is 19.3 Å². The van der Waals surface area contributed by atoms with Crippen LogP contribution in [0.1, 0.15) is 19.3 Å². The fraction of sp³-hybridized carbons (Fsp3) is 0.800. The largest absolute Gasteiger partial charge is 3.00 e. The number of aliphatic carboxylic acids is 3. The minimum Gasteiger partial charge on any atom is -0.548 e. The minimum atomic E-state index is -1.16. The van der Waals surface area contributed by atoms with E-state index in [1.54, 1.807) is 35.3 Å². The summed E-state index contributed by atoms with van der Waals surface area (Å²) in [6, 6.07) is -2.38. The third-order valence-corrected chi connectivity index (χ3v) is 4.74. The minimum absolute atomic E-state index is 0. The molecule has 0 saturated carbocycles. The van der Waals surface area contributed by atoms with Crippen molar-refractivity contribution < 1.29 is 46.8 Å². The van der Waals surface area contributed by atoms with Gasteiger partial charge < -0.3 is 46.9 Å². The van der Waals surface area contributed by atoms with Crippen LogP contribution in [0.3, 0.4) is 0 Å². The molecule has 0 bridgehead atoms. The number of carboxylic acid groups (broad SMARTS) is 3. The van der Waals surface area contributed by atoms with Crippen LogP contribution in [0.4, 0.5) is 0 Å². The predicted molar refractivity (Wildman–Crippen MR) is 108 cm³/mol. The van der Waals surface area contributed by atoms with Crippen molar-refractivity contribution in [3.63, 3.8) is 0 Å². The Morgan fingerprint density at radius 3 is 0.929 bits per heavy atom. The van der Waals surface area contributed by atoms with Crippen molar-refractivity contribution in [1.82, 2.24) is 0 Å². The molecule has 0 amide bonds. The maximum Gasteiger partial charge on any atom is 3.00 e. The molecule has 167 valence electrons. The van der Waals surface area contributed by atoms with Crippen LogP contribution in [0.25, 0.3) is 0 Å². The zero-order valence-corrected chi connectivity index (χ0v) is 19.8. The van der Waals surface area contributed by atoms with Crippen molar-refractivity contribution in [2.45, 2.75) is 37.4 Å². The van der Waals surface area contributed by atoms with Gasteiger partial charge in [-0.1, -0.05) is 0 Å². The molecule has 0 spiro atoms. The quantitative estimate of drug-likeness (QED) is 0.223. The van der Waals surface area contributed by atoms with Gasteiger partial charge in [-0.2, -0.15) is 35.3 Å². The standard InChI is InChI=1S/3C5H11NO2S.Fe/c3*1-9-3-2-4(6)5(7)8;/h3*4H,2-3,6H2,1H3,(H,7,8);/q;;;+3/p-3. The summed E-state index contributed by atoms with van der Waals surface area (Å²) in [5.74, 6) is -1.17. The molecule has 3 atom stereocenters. The number of hydrogen-bond acceptors (Lipinski definition) is 12. The van der Waals surface area contributed by atoms with E-state index in [4.69, 9.17) is 17.2 Å². The van der Waals surface area contributed by atoms with Gasteiger partial charge in [0, 0.05) is 18.1 Å². The molecule has 0 fully saturated rings. The fourth-order valence-electron chi connectivity index (χ4n) is 1.09. The number of nitrogens with two attached hydrogens (primary N) is 3. The Hall–Kier alpha value is -0.141. The number of hydrogen-bond donors (Lipinski definition) is 3. The van der Waals surface area contributed by atoms with E-state index >= 15 is 0 Å². The first-order chi connectivity index (χ1) is 12.5. The van der Waals surface area contributed by atoms with E-state index in [1.807, 2.05) is 18.8 Å². The van der Waals surface area contributed by atoms with Crippen LogP contribution in [0.5, 0.6) is 0 Å². The second-order valence-electron chi connectivity index (χ2n) is 5.12. The van der Waals surface area contributed by atoms with Crippen LogP contribution >= 0.6 is 35.3 Å². The third-order valence-electron chi connectivity index (χ3n) is 2.81. The van der Waals surface area contributed by atoms with Crippen molar-refractivity contribution in [3.05, 3.63) is 0 Å². The summed E-state index contributed by atoms with van der Waals surface area (Å²) in [5.41, 5.74) is 15.4. The second kappa shape index (κ2) is 24.9. The van der Waals surface area contributed by atoms with E-state index in [2.05, 4.69) is 0 Å². The number of carboxylic acids is 3. The fourth-order valence-corrected chi connectivity index (χ4v) is 2.56. The van der Waals surface area contributed by atoms with Crippen molar-refractivity contribution in [3.8, 4) is 0 Å². The number of thioether (sulfide) groups is 3. The predicted octanol–water partition coefficient (Wildman–Crippen LogP) is -3.55. The Balaban J connectivity index is -0.000000152. The molecule has 0 heterocycles. The maximum absolute atomic E-state index is 9.96. The first kappa shape index (κ1) is 35.3. The second-order valence-corrected chi connectivity index (χ2v) is 8.08. The van der Waals surface area contributed by atoms with Crippen LogP contribution in [0, 0.1) is 0 Å². The van der Waals surface area contributed by atoms with Gasteiger partial charge in [0.1, 0.15) is 0 Å². The summed E-state index contributed by atoms with van der Waals surface area (Å²) in [5, 5.41) is 29.9. The van der Waals surface area contributed by atoms with E-state index in [0.717, 1.165) is 17.3 Å². The van der Waals surface area contributed by atoms with Crippen LogP contribution in [-0.2, 0) is 31.5 Å². The average Bonchev–Trinajstić information content (AvgIpc) is 2.62. The third kappa shape index (κ3) is 28.1. The van der Waals surface area contributed by atoms with Crippen molar-refractivity contribution in [1.29, 1.82) is 0 Å². The average molecular weight is 500 g/mol. The Labute approximate surface area is 190 Å². The molecule has 13 heteroatoms. The Kier molecular flexibility index (Phi) is 31.4. The molecule has 0 aliphatic carbocycles. The molecule has 28 heavy (non-hydrogen) atoms. The smallest absolute Gasteiger partial charge is 0.548 e. The van der Waals surface area contributed by atoms with E-state index in [9.17, 15) is 29.7 Å². The molecule has 9 nitrogen and oxygen atoms in total. The van der Waals surface area contributed by atoms with Gasteiger partial charge in [0.05, 0.1) is 17.9 Å². The van der Waals surface area contributed by atoms with E-state index < -0.39 is 36.0 Å². The van der Waals surface area contributed by atoms with Crippen LogP contribution in [-0.4, -0.2) is 72.1 Å². The number of carbonyl (C=O) groups excluding carboxylic acids is 3. The summed E-state index contributed by atoms with van der Waals surface area (Å²) in [4.78, 5) is 29.9. The normalized spacial score (nSPS) is 12.6. The van der Waals surface area contributed by atoms with Gasteiger partial charge >= 0.3 is 17.1 Å². The molecule has 0 aromatic heterocycles. The van der Waals surface area contributed by atoms with Gasteiger partial charge in [-0.05, 0) is 55.3 Å².